The molecule has 0 saturated carbocycles. The van der Waals surface area contributed by atoms with Gasteiger partial charge in [0.25, 0.3) is 0 Å². The molecule has 8 heteroatoms. The maximum absolute atomic E-state index is 11.9. The van der Waals surface area contributed by atoms with Crippen LogP contribution in [0.5, 0.6) is 0 Å². The van der Waals surface area contributed by atoms with Crippen LogP contribution in [0.4, 0.5) is 5.69 Å². The fraction of sp³-hybridized carbons (Fsp3) is 0.400. The van der Waals surface area contributed by atoms with Gasteiger partial charge >= 0.3 is 0 Å². The second kappa shape index (κ2) is 6.65. The van der Waals surface area contributed by atoms with Gasteiger partial charge in [-0.15, -0.1) is 0 Å². The van der Waals surface area contributed by atoms with Crippen LogP contribution in [0.25, 0.3) is 0 Å². The number of sulfonamides is 1. The van der Waals surface area contributed by atoms with Gasteiger partial charge in [0.05, 0.1) is 5.69 Å². The number of benzene rings is 1. The van der Waals surface area contributed by atoms with Crippen LogP contribution >= 0.6 is 15.9 Å². The normalized spacial score (nSPS) is 13.4. The van der Waals surface area contributed by atoms with Gasteiger partial charge in [0, 0.05) is 33.3 Å². The van der Waals surface area contributed by atoms with Crippen LogP contribution in [0.3, 0.4) is 0 Å². The first-order valence-electron chi connectivity index (χ1n) is 5.26. The number of nitrogens with one attached hydrogen (secondary N) is 1. The molecule has 1 atom stereocenters. The Bertz CT molecular complexity index is 546. The summed E-state index contributed by atoms with van der Waals surface area (Å²) in [4.78, 5) is 0.0352. The molecular weight excluding hydrogens is 340 g/mol. The second-order valence-electron chi connectivity index (χ2n) is 3.51. The maximum Gasteiger partial charge on any atom is 0.242 e. The molecule has 1 aromatic carbocycles. The Morgan fingerprint density at radius 2 is 2.11 bits per heavy atom. The van der Waals surface area contributed by atoms with E-state index in [0.29, 0.717) is 16.0 Å². The highest BCUT2D eigenvalue weighted by atomic mass is 79.9. The number of nitrogens with two attached hydrogens (primary N) is 1. The lowest BCUT2D eigenvalue weighted by Gasteiger charge is -2.09. The van der Waals surface area contributed by atoms with Crippen LogP contribution in [0.2, 0.25) is 0 Å². The number of anilines is 1. The third kappa shape index (κ3) is 4.34. The molecule has 0 amide bonds. The third-order valence-electron chi connectivity index (χ3n) is 2.21. The van der Waals surface area contributed by atoms with Crippen molar-refractivity contribution < 1.29 is 12.6 Å². The van der Waals surface area contributed by atoms with Crippen LogP contribution in [-0.2, 0) is 20.8 Å². The van der Waals surface area contributed by atoms with Crippen molar-refractivity contribution in [2.75, 3.05) is 23.8 Å². The molecular formula is C10H15BrN2O3S2. The summed E-state index contributed by atoms with van der Waals surface area (Å²) in [6, 6.07) is 4.56. The van der Waals surface area contributed by atoms with Crippen molar-refractivity contribution in [1.29, 1.82) is 0 Å². The summed E-state index contributed by atoms with van der Waals surface area (Å²) in [5.41, 5.74) is 5.83. The van der Waals surface area contributed by atoms with Gasteiger partial charge < -0.3 is 5.73 Å². The Kier molecular flexibility index (Phi) is 5.77. The number of rotatable bonds is 6. The second-order valence-corrected chi connectivity index (χ2v) is 8.03. The van der Waals surface area contributed by atoms with E-state index >= 15 is 0 Å². The lowest BCUT2D eigenvalue weighted by Crippen LogP contribution is -2.28. The van der Waals surface area contributed by atoms with Gasteiger partial charge in [-0.2, -0.15) is 0 Å². The van der Waals surface area contributed by atoms with E-state index in [-0.39, 0.29) is 17.1 Å². The standard InChI is InChI=1S/C10H15BrN2O3S2/c1-2-17(14)6-5-13-18(15,16)10-4-3-8(11)7-9(10)12/h3-4,7,13H,2,5-6,12H2,1H3. The Balaban J connectivity index is 2.77. The first-order chi connectivity index (χ1) is 8.36. The molecule has 0 aliphatic carbocycles. The van der Waals surface area contributed by atoms with E-state index in [1.54, 1.807) is 13.0 Å². The minimum Gasteiger partial charge on any atom is -0.398 e. The minimum absolute atomic E-state index is 0.0352. The van der Waals surface area contributed by atoms with E-state index in [1.165, 1.54) is 12.1 Å². The lowest BCUT2D eigenvalue weighted by atomic mass is 10.3. The largest absolute Gasteiger partial charge is 0.398 e. The zero-order valence-electron chi connectivity index (χ0n) is 9.85. The summed E-state index contributed by atoms with van der Waals surface area (Å²) in [5.74, 6) is 0.814. The van der Waals surface area contributed by atoms with Gasteiger partial charge in [0.15, 0.2) is 0 Å². The first kappa shape index (κ1) is 15.6. The number of hydrogen-bond donors (Lipinski definition) is 2. The number of halogens is 1. The molecule has 0 saturated heterocycles. The smallest absolute Gasteiger partial charge is 0.242 e. The molecule has 0 bridgehead atoms. The van der Waals surface area contributed by atoms with Crippen LogP contribution in [0.1, 0.15) is 6.92 Å². The number of nitrogen functional groups attached to an aromatic ring is 1. The summed E-state index contributed by atoms with van der Waals surface area (Å²) in [6.07, 6.45) is 0. The zero-order valence-corrected chi connectivity index (χ0v) is 13.1. The van der Waals surface area contributed by atoms with Crippen LogP contribution < -0.4 is 10.5 Å². The van der Waals surface area contributed by atoms with Gasteiger partial charge in [-0.3, -0.25) is 4.21 Å². The monoisotopic (exact) mass is 354 g/mol. The molecule has 102 valence electrons. The van der Waals surface area contributed by atoms with E-state index < -0.39 is 20.8 Å². The molecule has 1 rings (SSSR count). The Labute approximate surface area is 118 Å². The van der Waals surface area contributed by atoms with Crippen molar-refractivity contribution in [1.82, 2.24) is 4.72 Å². The molecule has 3 N–H and O–H groups in total. The van der Waals surface area contributed by atoms with E-state index in [0.717, 1.165) is 0 Å². The van der Waals surface area contributed by atoms with Crippen LogP contribution in [-0.4, -0.2) is 30.7 Å². The van der Waals surface area contributed by atoms with Gasteiger partial charge in [0.2, 0.25) is 10.0 Å². The van der Waals surface area contributed by atoms with Crippen molar-refractivity contribution in [3.8, 4) is 0 Å². The number of hydrogen-bond acceptors (Lipinski definition) is 4. The van der Waals surface area contributed by atoms with Gasteiger partial charge in [0.1, 0.15) is 4.90 Å². The van der Waals surface area contributed by atoms with E-state index in [4.69, 9.17) is 5.73 Å². The molecule has 0 radical (unpaired) electrons. The van der Waals surface area contributed by atoms with Gasteiger partial charge in [-0.1, -0.05) is 22.9 Å². The highest BCUT2D eigenvalue weighted by Gasteiger charge is 2.17. The van der Waals surface area contributed by atoms with Crippen molar-refractivity contribution in [3.63, 3.8) is 0 Å². The van der Waals surface area contributed by atoms with Crippen LogP contribution in [0, 0.1) is 0 Å². The molecule has 0 aromatic heterocycles. The Morgan fingerprint density at radius 3 is 2.67 bits per heavy atom. The summed E-state index contributed by atoms with van der Waals surface area (Å²) >= 11 is 3.21. The quantitative estimate of drug-likeness (QED) is 0.748. The van der Waals surface area contributed by atoms with Crippen molar-refractivity contribution in [2.45, 2.75) is 11.8 Å². The molecule has 1 aromatic rings. The average Bonchev–Trinajstić information content (AvgIpc) is 2.27. The summed E-state index contributed by atoms with van der Waals surface area (Å²) < 4.78 is 38.1. The van der Waals surface area contributed by atoms with Gasteiger partial charge in [-0.25, -0.2) is 13.1 Å². The minimum atomic E-state index is -3.64. The molecule has 0 aliphatic rings. The summed E-state index contributed by atoms with van der Waals surface area (Å²) in [7, 11) is -4.63. The fourth-order valence-corrected chi connectivity index (χ4v) is 3.55. The predicted octanol–water partition coefficient (Wildman–Crippen LogP) is 1.08. The maximum atomic E-state index is 11.9. The lowest BCUT2D eigenvalue weighted by molar-refractivity contribution is 0.584. The SMILES string of the molecule is CCS(=O)CCNS(=O)(=O)c1ccc(Br)cc1N. The molecule has 1 unspecified atom stereocenters. The first-order valence-corrected chi connectivity index (χ1v) is 9.03. The predicted molar refractivity (Wildman–Crippen MR) is 77.3 cm³/mol. The molecule has 0 aliphatic heterocycles. The fourth-order valence-electron chi connectivity index (χ4n) is 1.28. The molecule has 5 nitrogen and oxygen atoms in total. The zero-order chi connectivity index (χ0) is 13.8. The molecule has 18 heavy (non-hydrogen) atoms. The van der Waals surface area contributed by atoms with Crippen molar-refractivity contribution in [3.05, 3.63) is 22.7 Å². The average molecular weight is 355 g/mol. The molecule has 0 spiro atoms. The Morgan fingerprint density at radius 1 is 1.44 bits per heavy atom. The Hall–Kier alpha value is -0.440. The van der Waals surface area contributed by atoms with E-state index in [1.807, 2.05) is 0 Å². The third-order valence-corrected chi connectivity index (χ3v) is 5.54. The van der Waals surface area contributed by atoms with E-state index in [9.17, 15) is 12.6 Å². The topological polar surface area (TPSA) is 89.3 Å². The molecule has 0 fully saturated rings. The van der Waals surface area contributed by atoms with Crippen molar-refractivity contribution >= 4 is 42.4 Å². The highest BCUT2D eigenvalue weighted by molar-refractivity contribution is 9.10. The summed E-state index contributed by atoms with van der Waals surface area (Å²) in [5, 5.41) is 0. The van der Waals surface area contributed by atoms with Crippen LogP contribution in [0.15, 0.2) is 27.6 Å². The van der Waals surface area contributed by atoms with Crippen molar-refractivity contribution in [2.24, 2.45) is 0 Å². The molecule has 0 heterocycles. The van der Waals surface area contributed by atoms with E-state index in [2.05, 4.69) is 20.7 Å². The van der Waals surface area contributed by atoms with Gasteiger partial charge in [-0.05, 0) is 18.2 Å². The highest BCUT2D eigenvalue weighted by Crippen LogP contribution is 2.22. The summed E-state index contributed by atoms with van der Waals surface area (Å²) in [6.45, 7) is 1.93.